The minimum absolute atomic E-state index is 0.463. The Morgan fingerprint density at radius 3 is 2.54 bits per heavy atom. The molecule has 1 heterocycles. The van der Waals surface area contributed by atoms with Crippen molar-refractivity contribution in [2.24, 2.45) is 0 Å². The van der Waals surface area contributed by atoms with Crippen molar-refractivity contribution in [1.82, 2.24) is 9.97 Å². The van der Waals surface area contributed by atoms with Crippen LogP contribution in [0, 0.1) is 11.3 Å². The normalized spacial score (nSPS) is 10.0. The number of nitrogens with zero attached hydrogens (tertiary/aromatic N) is 4. The van der Waals surface area contributed by atoms with Crippen LogP contribution >= 0.6 is 0 Å². The van der Waals surface area contributed by atoms with E-state index in [1.165, 1.54) is 0 Å². The predicted molar refractivity (Wildman–Crippen MR) is 95.6 cm³/mol. The first kappa shape index (κ1) is 15.5. The zero-order valence-electron chi connectivity index (χ0n) is 13.3. The zero-order chi connectivity index (χ0) is 16.8. The topological polar surface area (TPSA) is 64.8 Å². The predicted octanol–water partition coefficient (Wildman–Crippen LogP) is 4.25. The van der Waals surface area contributed by atoms with Crippen molar-refractivity contribution in [2.75, 3.05) is 16.8 Å². The van der Waals surface area contributed by atoms with Crippen LogP contribution in [-0.2, 0) is 0 Å². The molecular formula is C19H17N5. The first-order chi connectivity index (χ1) is 11.8. The van der Waals surface area contributed by atoms with Gasteiger partial charge in [-0.2, -0.15) is 10.2 Å². The summed E-state index contributed by atoms with van der Waals surface area (Å²) in [6, 6.07) is 21.4. The molecule has 0 amide bonds. The number of anilines is 4. The van der Waals surface area contributed by atoms with E-state index in [0.29, 0.717) is 17.2 Å². The zero-order valence-corrected chi connectivity index (χ0v) is 13.3. The SMILES string of the molecule is CCN(c1ccccc1)c1ccnc(Nc2ccccc2C#N)n1. The molecule has 24 heavy (non-hydrogen) atoms. The minimum Gasteiger partial charge on any atom is -0.327 e. The smallest absolute Gasteiger partial charge is 0.229 e. The lowest BCUT2D eigenvalue weighted by Gasteiger charge is -2.22. The molecule has 5 heteroatoms. The fourth-order valence-corrected chi connectivity index (χ4v) is 2.45. The number of aromatic nitrogens is 2. The number of rotatable bonds is 5. The van der Waals surface area contributed by atoms with E-state index in [-0.39, 0.29) is 0 Å². The van der Waals surface area contributed by atoms with Crippen molar-refractivity contribution in [3.8, 4) is 6.07 Å². The van der Waals surface area contributed by atoms with Crippen molar-refractivity contribution in [3.63, 3.8) is 0 Å². The van der Waals surface area contributed by atoms with Gasteiger partial charge in [0.15, 0.2) is 0 Å². The number of hydrogen-bond donors (Lipinski definition) is 1. The number of nitrogens with one attached hydrogen (secondary N) is 1. The van der Waals surface area contributed by atoms with Crippen LogP contribution in [0.5, 0.6) is 0 Å². The van der Waals surface area contributed by atoms with Crippen molar-refractivity contribution < 1.29 is 0 Å². The molecule has 118 valence electrons. The maximum absolute atomic E-state index is 9.19. The van der Waals surface area contributed by atoms with Crippen molar-refractivity contribution >= 4 is 23.1 Å². The highest BCUT2D eigenvalue weighted by Gasteiger charge is 2.10. The molecule has 0 atom stereocenters. The second kappa shape index (κ2) is 7.25. The Bertz CT molecular complexity index is 855. The molecule has 0 bridgehead atoms. The average molecular weight is 315 g/mol. The van der Waals surface area contributed by atoms with Crippen LogP contribution in [-0.4, -0.2) is 16.5 Å². The van der Waals surface area contributed by atoms with Crippen molar-refractivity contribution in [1.29, 1.82) is 5.26 Å². The van der Waals surface area contributed by atoms with Crippen LogP contribution in [0.15, 0.2) is 66.9 Å². The molecule has 0 aliphatic rings. The van der Waals surface area contributed by atoms with Crippen LogP contribution in [0.25, 0.3) is 0 Å². The molecule has 3 aromatic rings. The Hall–Kier alpha value is -3.39. The number of para-hydroxylation sites is 2. The molecule has 0 saturated heterocycles. The van der Waals surface area contributed by atoms with E-state index < -0.39 is 0 Å². The summed E-state index contributed by atoms with van der Waals surface area (Å²) in [6.45, 7) is 2.86. The van der Waals surface area contributed by atoms with Gasteiger partial charge in [0.1, 0.15) is 11.9 Å². The van der Waals surface area contributed by atoms with E-state index in [4.69, 9.17) is 0 Å². The molecule has 0 unspecified atom stereocenters. The van der Waals surface area contributed by atoms with Crippen LogP contribution < -0.4 is 10.2 Å². The molecule has 1 N–H and O–H groups in total. The second-order valence-corrected chi connectivity index (χ2v) is 5.10. The van der Waals surface area contributed by atoms with Gasteiger partial charge in [0.2, 0.25) is 5.95 Å². The summed E-state index contributed by atoms with van der Waals surface area (Å²) < 4.78 is 0. The van der Waals surface area contributed by atoms with Crippen LogP contribution in [0.3, 0.4) is 0 Å². The molecule has 0 saturated carbocycles. The average Bonchev–Trinajstić information content (AvgIpc) is 2.64. The van der Waals surface area contributed by atoms with Gasteiger partial charge in [0.05, 0.1) is 11.3 Å². The Morgan fingerprint density at radius 1 is 1.04 bits per heavy atom. The van der Waals surface area contributed by atoms with Gasteiger partial charge < -0.3 is 10.2 Å². The number of benzene rings is 2. The lowest BCUT2D eigenvalue weighted by Crippen LogP contribution is -2.17. The molecular weight excluding hydrogens is 298 g/mol. The van der Waals surface area contributed by atoms with Crippen LogP contribution in [0.1, 0.15) is 12.5 Å². The Morgan fingerprint density at radius 2 is 1.79 bits per heavy atom. The van der Waals surface area contributed by atoms with Gasteiger partial charge in [0, 0.05) is 18.4 Å². The van der Waals surface area contributed by atoms with E-state index in [1.807, 2.05) is 54.6 Å². The minimum atomic E-state index is 0.463. The van der Waals surface area contributed by atoms with Crippen molar-refractivity contribution in [2.45, 2.75) is 6.92 Å². The quantitative estimate of drug-likeness (QED) is 0.762. The van der Waals surface area contributed by atoms with E-state index in [9.17, 15) is 5.26 Å². The van der Waals surface area contributed by atoms with E-state index in [1.54, 1.807) is 12.3 Å². The summed E-state index contributed by atoms with van der Waals surface area (Å²) in [4.78, 5) is 10.9. The molecule has 0 radical (unpaired) electrons. The first-order valence-corrected chi connectivity index (χ1v) is 7.73. The van der Waals surface area contributed by atoms with Gasteiger partial charge in [-0.15, -0.1) is 0 Å². The highest BCUT2D eigenvalue weighted by Crippen LogP contribution is 2.24. The van der Waals surface area contributed by atoms with E-state index in [0.717, 1.165) is 18.1 Å². The summed E-state index contributed by atoms with van der Waals surface area (Å²) in [6.07, 6.45) is 1.71. The molecule has 0 aliphatic heterocycles. The lowest BCUT2D eigenvalue weighted by molar-refractivity contribution is 0.979. The summed E-state index contributed by atoms with van der Waals surface area (Å²) >= 11 is 0. The fourth-order valence-electron chi connectivity index (χ4n) is 2.45. The lowest BCUT2D eigenvalue weighted by atomic mass is 10.2. The Balaban J connectivity index is 1.90. The van der Waals surface area contributed by atoms with Gasteiger partial charge in [0.25, 0.3) is 0 Å². The third-order valence-electron chi connectivity index (χ3n) is 3.60. The molecule has 0 spiro atoms. The van der Waals surface area contributed by atoms with Crippen LogP contribution in [0.4, 0.5) is 23.1 Å². The second-order valence-electron chi connectivity index (χ2n) is 5.10. The largest absolute Gasteiger partial charge is 0.327 e. The summed E-state index contributed by atoms with van der Waals surface area (Å²) in [5.74, 6) is 1.26. The van der Waals surface area contributed by atoms with Gasteiger partial charge in [-0.1, -0.05) is 30.3 Å². The standard InChI is InChI=1S/C19H17N5/c1-2-24(16-9-4-3-5-10-16)18-12-13-21-19(23-18)22-17-11-7-6-8-15(17)14-20/h3-13H,2H2,1H3,(H,21,22,23). The summed E-state index contributed by atoms with van der Waals surface area (Å²) in [5, 5.41) is 12.3. The maximum Gasteiger partial charge on any atom is 0.229 e. The highest BCUT2D eigenvalue weighted by atomic mass is 15.2. The third kappa shape index (κ3) is 3.33. The first-order valence-electron chi connectivity index (χ1n) is 7.73. The number of nitriles is 1. The Kier molecular flexibility index (Phi) is 4.68. The van der Waals surface area contributed by atoms with E-state index in [2.05, 4.69) is 33.2 Å². The van der Waals surface area contributed by atoms with Gasteiger partial charge >= 0.3 is 0 Å². The fraction of sp³-hybridized carbons (Fsp3) is 0.105. The molecule has 2 aromatic carbocycles. The van der Waals surface area contributed by atoms with Crippen LogP contribution in [0.2, 0.25) is 0 Å². The van der Waals surface area contributed by atoms with E-state index >= 15 is 0 Å². The molecule has 0 fully saturated rings. The van der Waals surface area contributed by atoms with Gasteiger partial charge in [-0.3, -0.25) is 0 Å². The molecule has 0 aliphatic carbocycles. The monoisotopic (exact) mass is 315 g/mol. The van der Waals surface area contributed by atoms with Gasteiger partial charge in [-0.25, -0.2) is 4.98 Å². The molecule has 5 nitrogen and oxygen atoms in total. The highest BCUT2D eigenvalue weighted by molar-refractivity contribution is 5.65. The molecule has 3 rings (SSSR count). The summed E-state index contributed by atoms with van der Waals surface area (Å²) in [5.41, 5.74) is 2.32. The summed E-state index contributed by atoms with van der Waals surface area (Å²) in [7, 11) is 0. The Labute approximate surface area is 141 Å². The number of hydrogen-bond acceptors (Lipinski definition) is 5. The van der Waals surface area contributed by atoms with Crippen molar-refractivity contribution in [3.05, 3.63) is 72.4 Å². The third-order valence-corrected chi connectivity index (χ3v) is 3.60. The maximum atomic E-state index is 9.19. The molecule has 1 aromatic heterocycles. The van der Waals surface area contributed by atoms with Gasteiger partial charge in [-0.05, 0) is 37.3 Å².